The molecule has 0 radical (unpaired) electrons. The molecule has 2 aromatic carbocycles. The van der Waals surface area contributed by atoms with Gasteiger partial charge in [0, 0.05) is 0 Å². The first-order chi connectivity index (χ1) is 11.3. The average Bonchev–Trinajstić information content (AvgIpc) is 2.57. The van der Waals surface area contributed by atoms with Crippen molar-refractivity contribution in [2.75, 3.05) is 0 Å². The zero-order valence-corrected chi connectivity index (χ0v) is 13.1. The van der Waals surface area contributed by atoms with Gasteiger partial charge in [0.2, 0.25) is 0 Å². The second-order valence-corrected chi connectivity index (χ2v) is 4.67. The fourth-order valence-corrected chi connectivity index (χ4v) is 1.75. The standard InChI is InChI=1S/C20H20O3/c1-3-4-7-12-17(2)21-20(22-18-13-8-5-9-14-18)23-19-15-10-6-11-16-19/h3-16,20H,1H2,2H3/b7-4-,17-12+. The molecule has 2 rings (SSSR count). The Morgan fingerprint density at radius 1 is 0.870 bits per heavy atom. The van der Waals surface area contributed by atoms with E-state index < -0.39 is 6.48 Å². The Kier molecular flexibility index (Phi) is 6.54. The van der Waals surface area contributed by atoms with Gasteiger partial charge in [0.25, 0.3) is 0 Å². The lowest BCUT2D eigenvalue weighted by Gasteiger charge is -2.21. The molecule has 0 aromatic heterocycles. The van der Waals surface area contributed by atoms with Crippen molar-refractivity contribution >= 4 is 0 Å². The summed E-state index contributed by atoms with van der Waals surface area (Å²) >= 11 is 0. The molecule has 0 unspecified atom stereocenters. The van der Waals surface area contributed by atoms with Gasteiger partial charge in [0.05, 0.1) is 0 Å². The van der Waals surface area contributed by atoms with Crippen LogP contribution in [-0.2, 0) is 4.74 Å². The quantitative estimate of drug-likeness (QED) is 0.386. The summed E-state index contributed by atoms with van der Waals surface area (Å²) in [5, 5.41) is 0. The van der Waals surface area contributed by atoms with Crippen LogP contribution >= 0.6 is 0 Å². The molecule has 0 aliphatic rings. The zero-order valence-electron chi connectivity index (χ0n) is 13.1. The van der Waals surface area contributed by atoms with Crippen LogP contribution in [0, 0.1) is 0 Å². The number of para-hydroxylation sites is 2. The van der Waals surface area contributed by atoms with Crippen LogP contribution in [0.25, 0.3) is 0 Å². The molecule has 23 heavy (non-hydrogen) atoms. The van der Waals surface area contributed by atoms with E-state index in [1.807, 2.05) is 85.8 Å². The van der Waals surface area contributed by atoms with Crippen molar-refractivity contribution < 1.29 is 14.2 Å². The summed E-state index contributed by atoms with van der Waals surface area (Å²) in [6.07, 6.45) is 7.17. The third kappa shape index (κ3) is 6.14. The van der Waals surface area contributed by atoms with Gasteiger partial charge in [-0.1, -0.05) is 61.2 Å². The second-order valence-electron chi connectivity index (χ2n) is 4.67. The number of benzene rings is 2. The summed E-state index contributed by atoms with van der Waals surface area (Å²) in [7, 11) is 0. The largest absolute Gasteiger partial charge is 0.428 e. The molecule has 3 nitrogen and oxygen atoms in total. The van der Waals surface area contributed by atoms with Crippen molar-refractivity contribution in [3.05, 3.63) is 97.3 Å². The van der Waals surface area contributed by atoms with Crippen LogP contribution in [0.5, 0.6) is 11.5 Å². The van der Waals surface area contributed by atoms with Gasteiger partial charge in [-0.25, -0.2) is 0 Å². The average molecular weight is 308 g/mol. The van der Waals surface area contributed by atoms with E-state index in [0.717, 1.165) is 0 Å². The molecular weight excluding hydrogens is 288 g/mol. The molecule has 0 saturated carbocycles. The van der Waals surface area contributed by atoms with Crippen LogP contribution in [-0.4, -0.2) is 6.48 Å². The van der Waals surface area contributed by atoms with Gasteiger partial charge in [0.15, 0.2) is 0 Å². The van der Waals surface area contributed by atoms with E-state index in [4.69, 9.17) is 14.2 Å². The Bertz CT molecular complexity index is 604. The maximum atomic E-state index is 5.77. The van der Waals surface area contributed by atoms with Gasteiger partial charge < -0.3 is 14.2 Å². The highest BCUT2D eigenvalue weighted by molar-refractivity contribution is 5.23. The van der Waals surface area contributed by atoms with Crippen molar-refractivity contribution in [3.8, 4) is 11.5 Å². The first-order valence-electron chi connectivity index (χ1n) is 7.34. The molecule has 0 fully saturated rings. The summed E-state index contributed by atoms with van der Waals surface area (Å²) in [4.78, 5) is 0. The predicted molar refractivity (Wildman–Crippen MR) is 92.1 cm³/mol. The Hall–Kier alpha value is -2.94. The molecule has 0 saturated heterocycles. The van der Waals surface area contributed by atoms with Crippen molar-refractivity contribution in [1.82, 2.24) is 0 Å². The number of allylic oxidation sites excluding steroid dienone is 5. The highest BCUT2D eigenvalue weighted by Gasteiger charge is 2.14. The molecule has 0 amide bonds. The molecule has 0 heterocycles. The Morgan fingerprint density at radius 3 is 1.87 bits per heavy atom. The maximum absolute atomic E-state index is 5.77. The molecule has 0 aliphatic carbocycles. The van der Waals surface area contributed by atoms with Crippen LogP contribution in [0.3, 0.4) is 0 Å². The summed E-state index contributed by atoms with van der Waals surface area (Å²) in [5.41, 5.74) is 0. The van der Waals surface area contributed by atoms with E-state index in [-0.39, 0.29) is 0 Å². The van der Waals surface area contributed by atoms with Crippen LogP contribution in [0.2, 0.25) is 0 Å². The maximum Gasteiger partial charge on any atom is 0.406 e. The van der Waals surface area contributed by atoms with Crippen LogP contribution in [0.1, 0.15) is 6.92 Å². The minimum absolute atomic E-state index is 0.667. The smallest absolute Gasteiger partial charge is 0.406 e. The van der Waals surface area contributed by atoms with Crippen molar-refractivity contribution in [2.45, 2.75) is 13.4 Å². The highest BCUT2D eigenvalue weighted by Crippen LogP contribution is 2.18. The van der Waals surface area contributed by atoms with Gasteiger partial charge in [-0.2, -0.15) is 0 Å². The van der Waals surface area contributed by atoms with Gasteiger partial charge in [-0.05, 0) is 37.3 Å². The van der Waals surface area contributed by atoms with Crippen LogP contribution in [0.15, 0.2) is 97.3 Å². The minimum atomic E-state index is -0.881. The Labute approximate surface area is 137 Å². The summed E-state index contributed by atoms with van der Waals surface area (Å²) in [6.45, 7) is 4.58. The topological polar surface area (TPSA) is 27.7 Å². The number of hydrogen-bond donors (Lipinski definition) is 0. The SMILES string of the molecule is C=C/C=C\C=C(/C)OC(Oc1ccccc1)Oc1ccccc1. The zero-order chi connectivity index (χ0) is 16.3. The second kappa shape index (κ2) is 9.15. The summed E-state index contributed by atoms with van der Waals surface area (Å²) in [5.74, 6) is 2.01. The Balaban J connectivity index is 2.08. The molecule has 0 atom stereocenters. The van der Waals surface area contributed by atoms with E-state index in [1.54, 1.807) is 6.08 Å². The number of hydrogen-bond acceptors (Lipinski definition) is 3. The van der Waals surface area contributed by atoms with E-state index in [1.165, 1.54) is 0 Å². The molecule has 0 spiro atoms. The van der Waals surface area contributed by atoms with E-state index in [2.05, 4.69) is 6.58 Å². The van der Waals surface area contributed by atoms with Crippen molar-refractivity contribution in [1.29, 1.82) is 0 Å². The van der Waals surface area contributed by atoms with Gasteiger partial charge in [0.1, 0.15) is 17.3 Å². The first kappa shape index (κ1) is 16.4. The molecule has 118 valence electrons. The van der Waals surface area contributed by atoms with Gasteiger partial charge in [-0.15, -0.1) is 0 Å². The first-order valence-corrected chi connectivity index (χ1v) is 7.34. The molecule has 0 aliphatic heterocycles. The minimum Gasteiger partial charge on any atom is -0.428 e. The van der Waals surface area contributed by atoms with Crippen molar-refractivity contribution in [3.63, 3.8) is 0 Å². The molecule has 2 aromatic rings. The Morgan fingerprint density at radius 2 is 1.39 bits per heavy atom. The van der Waals surface area contributed by atoms with Crippen LogP contribution in [0.4, 0.5) is 0 Å². The van der Waals surface area contributed by atoms with E-state index in [9.17, 15) is 0 Å². The van der Waals surface area contributed by atoms with Crippen LogP contribution < -0.4 is 9.47 Å². The predicted octanol–water partition coefficient (Wildman–Crippen LogP) is 5.09. The fourth-order valence-electron chi connectivity index (χ4n) is 1.75. The lowest BCUT2D eigenvalue weighted by Crippen LogP contribution is -2.26. The van der Waals surface area contributed by atoms with Gasteiger partial charge >= 0.3 is 6.48 Å². The normalized spacial score (nSPS) is 11.5. The highest BCUT2D eigenvalue weighted by atomic mass is 16.8. The summed E-state index contributed by atoms with van der Waals surface area (Å²) < 4.78 is 17.3. The molecule has 0 bridgehead atoms. The van der Waals surface area contributed by atoms with E-state index in [0.29, 0.717) is 17.3 Å². The van der Waals surface area contributed by atoms with Crippen molar-refractivity contribution in [2.24, 2.45) is 0 Å². The monoisotopic (exact) mass is 308 g/mol. The number of ether oxygens (including phenoxy) is 3. The lowest BCUT2D eigenvalue weighted by molar-refractivity contribution is -0.174. The molecule has 3 heteroatoms. The van der Waals surface area contributed by atoms with Gasteiger partial charge in [-0.3, -0.25) is 0 Å². The third-order valence-corrected chi connectivity index (χ3v) is 2.81. The third-order valence-electron chi connectivity index (χ3n) is 2.81. The summed E-state index contributed by atoms with van der Waals surface area (Å²) in [6, 6.07) is 18.8. The van der Waals surface area contributed by atoms with E-state index >= 15 is 0 Å². The number of rotatable bonds is 8. The lowest BCUT2D eigenvalue weighted by atomic mass is 10.3. The molecular formula is C20H20O3. The fraction of sp³-hybridized carbons (Fsp3) is 0.100. The molecule has 0 N–H and O–H groups in total.